The highest BCUT2D eigenvalue weighted by molar-refractivity contribution is 7.71. The summed E-state index contributed by atoms with van der Waals surface area (Å²) in [5.41, 5.74) is 5.49. The van der Waals surface area contributed by atoms with Crippen LogP contribution in [-0.2, 0) is 0 Å². The summed E-state index contributed by atoms with van der Waals surface area (Å²) in [5.74, 6) is 1.16. The van der Waals surface area contributed by atoms with Crippen LogP contribution in [0.3, 0.4) is 0 Å². The summed E-state index contributed by atoms with van der Waals surface area (Å²) in [6, 6.07) is 4.20. The van der Waals surface area contributed by atoms with E-state index in [1.165, 1.54) is 11.1 Å². The number of nitrogens with one attached hydrogen (secondary N) is 1. The van der Waals surface area contributed by atoms with Crippen molar-refractivity contribution in [1.82, 2.24) is 9.97 Å². The fourth-order valence-electron chi connectivity index (χ4n) is 2.56. The molecule has 0 atom stereocenters. The molecule has 0 unspecified atom stereocenters. The zero-order valence-electron chi connectivity index (χ0n) is 12.6. The lowest BCUT2D eigenvalue weighted by molar-refractivity contribution is 0.415. The Hall–Kier alpha value is -1.68. The van der Waals surface area contributed by atoms with E-state index in [1.807, 2.05) is 6.07 Å². The standard InChI is InChI=1S/C16H20N2OS/c1-9(2)13-15(17-8-18-16(13)20)14-11(4)6-10(3)7-12(14)19-5/h6-9H,1-5H3,(H,17,18,20). The Labute approximate surface area is 125 Å². The first-order valence-electron chi connectivity index (χ1n) is 6.69. The van der Waals surface area contributed by atoms with Crippen molar-refractivity contribution in [2.24, 2.45) is 0 Å². The molecule has 1 N–H and O–H groups in total. The van der Waals surface area contributed by atoms with Gasteiger partial charge >= 0.3 is 0 Å². The van der Waals surface area contributed by atoms with Gasteiger partial charge in [-0.25, -0.2) is 4.98 Å². The van der Waals surface area contributed by atoms with Crippen molar-refractivity contribution in [3.63, 3.8) is 0 Å². The first-order valence-corrected chi connectivity index (χ1v) is 7.09. The highest BCUT2D eigenvalue weighted by Crippen LogP contribution is 2.37. The maximum Gasteiger partial charge on any atom is 0.133 e. The van der Waals surface area contributed by atoms with Crippen molar-refractivity contribution in [3.8, 4) is 17.0 Å². The fraction of sp³-hybridized carbons (Fsp3) is 0.375. The van der Waals surface area contributed by atoms with Gasteiger partial charge in [0.2, 0.25) is 0 Å². The van der Waals surface area contributed by atoms with Crippen molar-refractivity contribution in [2.45, 2.75) is 33.6 Å². The minimum Gasteiger partial charge on any atom is -0.496 e. The lowest BCUT2D eigenvalue weighted by atomic mass is 9.94. The summed E-state index contributed by atoms with van der Waals surface area (Å²) in [6.07, 6.45) is 1.66. The molecule has 2 aromatic rings. The third kappa shape index (κ3) is 2.61. The molecule has 0 aliphatic rings. The zero-order valence-corrected chi connectivity index (χ0v) is 13.4. The van der Waals surface area contributed by atoms with Gasteiger partial charge in [0.05, 0.1) is 19.1 Å². The van der Waals surface area contributed by atoms with E-state index in [0.717, 1.165) is 22.6 Å². The van der Waals surface area contributed by atoms with Gasteiger partial charge in [0, 0.05) is 11.1 Å². The van der Waals surface area contributed by atoms with Gasteiger partial charge < -0.3 is 9.72 Å². The molecule has 0 saturated heterocycles. The van der Waals surface area contributed by atoms with E-state index in [0.29, 0.717) is 10.6 Å². The Morgan fingerprint density at radius 1 is 1.25 bits per heavy atom. The number of hydrogen-bond acceptors (Lipinski definition) is 3. The number of methoxy groups -OCH3 is 1. The predicted octanol–water partition coefficient (Wildman–Crippen LogP) is 4.56. The van der Waals surface area contributed by atoms with E-state index in [4.69, 9.17) is 17.0 Å². The first kappa shape index (κ1) is 14.7. The Kier molecular flexibility index (Phi) is 4.23. The number of aromatic nitrogens is 2. The average Bonchev–Trinajstić information content (AvgIpc) is 2.36. The Balaban J connectivity index is 2.82. The quantitative estimate of drug-likeness (QED) is 0.842. The number of hydrogen-bond donors (Lipinski definition) is 1. The molecule has 0 fully saturated rings. The summed E-state index contributed by atoms with van der Waals surface area (Å²) in [4.78, 5) is 7.46. The van der Waals surface area contributed by atoms with Crippen molar-refractivity contribution in [1.29, 1.82) is 0 Å². The van der Waals surface area contributed by atoms with Crippen LogP contribution in [0.15, 0.2) is 18.5 Å². The topological polar surface area (TPSA) is 37.9 Å². The summed E-state index contributed by atoms with van der Waals surface area (Å²) in [7, 11) is 1.70. The summed E-state index contributed by atoms with van der Waals surface area (Å²) < 4.78 is 6.21. The lowest BCUT2D eigenvalue weighted by Gasteiger charge is -2.17. The second kappa shape index (κ2) is 5.75. The summed E-state index contributed by atoms with van der Waals surface area (Å²) in [6.45, 7) is 8.41. The van der Waals surface area contributed by atoms with Crippen LogP contribution in [0, 0.1) is 18.5 Å². The number of H-pyrrole nitrogens is 1. The molecular formula is C16H20N2OS. The van der Waals surface area contributed by atoms with E-state index in [9.17, 15) is 0 Å². The lowest BCUT2D eigenvalue weighted by Crippen LogP contribution is -2.02. The first-order chi connectivity index (χ1) is 9.45. The molecule has 1 heterocycles. The SMILES string of the molecule is COc1cc(C)cc(C)c1-c1[nH]cnc(=S)c1C(C)C. The van der Waals surface area contributed by atoms with E-state index in [1.54, 1.807) is 13.4 Å². The van der Waals surface area contributed by atoms with Gasteiger partial charge in [-0.3, -0.25) is 0 Å². The van der Waals surface area contributed by atoms with Crippen LogP contribution < -0.4 is 4.74 Å². The minimum atomic E-state index is 0.299. The molecular weight excluding hydrogens is 268 g/mol. The Morgan fingerprint density at radius 2 is 1.95 bits per heavy atom. The van der Waals surface area contributed by atoms with Gasteiger partial charge in [0.15, 0.2) is 0 Å². The van der Waals surface area contributed by atoms with E-state index < -0.39 is 0 Å². The van der Waals surface area contributed by atoms with Crippen molar-refractivity contribution < 1.29 is 4.74 Å². The molecule has 0 saturated carbocycles. The molecule has 2 rings (SSSR count). The third-order valence-corrected chi connectivity index (χ3v) is 3.71. The summed E-state index contributed by atoms with van der Waals surface area (Å²) >= 11 is 5.39. The molecule has 1 aromatic heterocycles. The highest BCUT2D eigenvalue weighted by atomic mass is 32.1. The van der Waals surface area contributed by atoms with Crippen LogP contribution in [0.25, 0.3) is 11.3 Å². The molecule has 1 aromatic carbocycles. The maximum absolute atomic E-state index is 5.56. The molecule has 0 bridgehead atoms. The van der Waals surface area contributed by atoms with E-state index in [2.05, 4.69) is 43.7 Å². The van der Waals surface area contributed by atoms with E-state index in [-0.39, 0.29) is 0 Å². The Bertz CT molecular complexity index is 689. The number of aromatic amines is 1. The van der Waals surface area contributed by atoms with Gasteiger partial charge in [-0.05, 0) is 37.0 Å². The molecule has 0 radical (unpaired) electrons. The van der Waals surface area contributed by atoms with Crippen LogP contribution in [0.2, 0.25) is 0 Å². The van der Waals surface area contributed by atoms with Gasteiger partial charge in [-0.15, -0.1) is 0 Å². The second-order valence-corrected chi connectivity index (χ2v) is 5.70. The number of benzene rings is 1. The zero-order chi connectivity index (χ0) is 14.9. The average molecular weight is 288 g/mol. The minimum absolute atomic E-state index is 0.299. The van der Waals surface area contributed by atoms with Crippen LogP contribution >= 0.6 is 12.2 Å². The molecule has 0 amide bonds. The second-order valence-electron chi connectivity index (χ2n) is 5.31. The number of nitrogens with zero attached hydrogens (tertiary/aromatic N) is 1. The Morgan fingerprint density at radius 3 is 2.55 bits per heavy atom. The normalized spacial score (nSPS) is 10.9. The van der Waals surface area contributed by atoms with Gasteiger partial charge in [-0.2, -0.15) is 0 Å². The largest absolute Gasteiger partial charge is 0.496 e. The molecule has 0 aliphatic heterocycles. The molecule has 4 heteroatoms. The van der Waals surface area contributed by atoms with Gasteiger partial charge in [0.25, 0.3) is 0 Å². The third-order valence-electron chi connectivity index (χ3n) is 3.38. The molecule has 0 spiro atoms. The molecule has 20 heavy (non-hydrogen) atoms. The monoisotopic (exact) mass is 288 g/mol. The van der Waals surface area contributed by atoms with Crippen molar-refractivity contribution in [2.75, 3.05) is 7.11 Å². The number of rotatable bonds is 3. The maximum atomic E-state index is 5.56. The van der Waals surface area contributed by atoms with Crippen molar-refractivity contribution in [3.05, 3.63) is 39.8 Å². The van der Waals surface area contributed by atoms with E-state index >= 15 is 0 Å². The van der Waals surface area contributed by atoms with Gasteiger partial charge in [-0.1, -0.05) is 32.1 Å². The van der Waals surface area contributed by atoms with Gasteiger partial charge in [0.1, 0.15) is 10.4 Å². The molecule has 0 aliphatic carbocycles. The molecule has 3 nitrogen and oxygen atoms in total. The molecule has 106 valence electrons. The van der Waals surface area contributed by atoms with Crippen molar-refractivity contribution >= 4 is 12.2 Å². The smallest absolute Gasteiger partial charge is 0.133 e. The van der Waals surface area contributed by atoms with Crippen LogP contribution in [-0.4, -0.2) is 17.1 Å². The fourth-order valence-corrected chi connectivity index (χ4v) is 2.95. The predicted molar refractivity (Wildman–Crippen MR) is 85.0 cm³/mol. The summed E-state index contributed by atoms with van der Waals surface area (Å²) in [5, 5.41) is 0. The van der Waals surface area contributed by atoms with Crippen LogP contribution in [0.1, 0.15) is 36.5 Å². The van der Waals surface area contributed by atoms with Crippen LogP contribution in [0.5, 0.6) is 5.75 Å². The van der Waals surface area contributed by atoms with Crippen LogP contribution in [0.4, 0.5) is 0 Å². The highest BCUT2D eigenvalue weighted by Gasteiger charge is 2.17. The number of ether oxygens (including phenoxy) is 1. The number of aryl methyl sites for hydroxylation is 2.